The Hall–Kier alpha value is -1.81. The van der Waals surface area contributed by atoms with Crippen molar-refractivity contribution >= 4 is 19.8 Å². The van der Waals surface area contributed by atoms with Gasteiger partial charge >= 0.3 is 19.8 Å². The number of phosphoric ester groups is 1. The molecule has 0 aromatic rings. The van der Waals surface area contributed by atoms with E-state index in [4.69, 9.17) is 29.0 Å². The molecule has 0 radical (unpaired) electrons. The molecule has 1 fully saturated rings. The Balaban J connectivity index is 2.22. The number of nitrogens with two attached hydrogens (primary N) is 1. The maximum Gasteiger partial charge on any atom is 0.472 e. The maximum atomic E-state index is 12.6. The standard InChI is InChI=1S/C43H78NO9P/c1-3-5-7-9-11-12-13-14-15-16-17-18-21-25-29-33-42(45)49-37-39(38-51-54(47,48)50-36-35-44)52-43(46)34-30-26-22-19-20-24-28-32-41-40(53-41)31-27-23-10-8-6-4-2/h19,22-24,27-28,39-41H,3-18,20-21,25-26,29-38,44H2,1-2H3,(H,47,48)/b22-19-,27-23-,28-24-/t39-,40?,41?/m1/s1. The van der Waals surface area contributed by atoms with Crippen LogP contribution in [0.1, 0.15) is 181 Å². The third-order valence-corrected chi connectivity index (χ3v) is 10.4. The van der Waals surface area contributed by atoms with Gasteiger partial charge in [0, 0.05) is 19.4 Å². The van der Waals surface area contributed by atoms with Crippen molar-refractivity contribution in [1.82, 2.24) is 0 Å². The molecule has 0 bridgehead atoms. The van der Waals surface area contributed by atoms with E-state index in [0.29, 0.717) is 25.0 Å². The van der Waals surface area contributed by atoms with Crippen LogP contribution in [0.15, 0.2) is 36.5 Å². The summed E-state index contributed by atoms with van der Waals surface area (Å²) in [6, 6.07) is 0. The molecule has 1 aliphatic heterocycles. The summed E-state index contributed by atoms with van der Waals surface area (Å²) >= 11 is 0. The molecule has 11 heteroatoms. The van der Waals surface area contributed by atoms with E-state index in [1.54, 1.807) is 0 Å². The van der Waals surface area contributed by atoms with Gasteiger partial charge in [0.15, 0.2) is 6.10 Å². The largest absolute Gasteiger partial charge is 0.472 e. The van der Waals surface area contributed by atoms with E-state index in [9.17, 15) is 19.0 Å². The van der Waals surface area contributed by atoms with Crippen LogP contribution in [-0.2, 0) is 37.4 Å². The zero-order valence-electron chi connectivity index (χ0n) is 34.1. The van der Waals surface area contributed by atoms with E-state index < -0.39 is 32.5 Å². The van der Waals surface area contributed by atoms with Gasteiger partial charge in [0.05, 0.1) is 25.4 Å². The minimum atomic E-state index is -4.39. The second-order valence-electron chi connectivity index (χ2n) is 14.6. The van der Waals surface area contributed by atoms with Gasteiger partial charge < -0.3 is 24.8 Å². The summed E-state index contributed by atoms with van der Waals surface area (Å²) in [5.41, 5.74) is 5.34. The molecule has 0 spiro atoms. The first-order chi connectivity index (χ1) is 26.3. The molecule has 1 heterocycles. The van der Waals surface area contributed by atoms with E-state index in [0.717, 1.165) is 44.9 Å². The van der Waals surface area contributed by atoms with Crippen molar-refractivity contribution in [3.8, 4) is 0 Å². The Morgan fingerprint density at radius 3 is 1.76 bits per heavy atom. The number of ether oxygens (including phenoxy) is 3. The normalized spacial score (nSPS) is 17.4. The average molecular weight is 784 g/mol. The van der Waals surface area contributed by atoms with E-state index in [2.05, 4.69) is 44.2 Å². The minimum Gasteiger partial charge on any atom is -0.462 e. The van der Waals surface area contributed by atoms with Crippen LogP contribution in [-0.4, -0.2) is 61.5 Å². The molecule has 54 heavy (non-hydrogen) atoms. The van der Waals surface area contributed by atoms with Crippen LogP contribution in [0.2, 0.25) is 0 Å². The first kappa shape index (κ1) is 50.2. The van der Waals surface area contributed by atoms with E-state index in [-0.39, 0.29) is 32.6 Å². The van der Waals surface area contributed by atoms with Crippen molar-refractivity contribution < 1.29 is 42.3 Å². The molecule has 0 aromatic carbocycles. The third kappa shape index (κ3) is 32.4. The number of phosphoric acid groups is 1. The molecular formula is C43H78NO9P. The topological polar surface area (TPSA) is 147 Å². The van der Waals surface area contributed by atoms with Crippen LogP contribution in [0.4, 0.5) is 0 Å². The summed E-state index contributed by atoms with van der Waals surface area (Å²) in [6.07, 6.45) is 40.6. The highest BCUT2D eigenvalue weighted by atomic mass is 31.2. The quantitative estimate of drug-likeness (QED) is 0.0203. The number of rotatable bonds is 39. The molecule has 1 rings (SSSR count). The number of hydrogen-bond acceptors (Lipinski definition) is 9. The van der Waals surface area contributed by atoms with E-state index in [1.807, 2.05) is 6.08 Å². The minimum absolute atomic E-state index is 0.0428. The summed E-state index contributed by atoms with van der Waals surface area (Å²) in [7, 11) is -4.39. The van der Waals surface area contributed by atoms with Crippen molar-refractivity contribution in [3.63, 3.8) is 0 Å². The molecule has 3 unspecified atom stereocenters. The lowest BCUT2D eigenvalue weighted by Crippen LogP contribution is -2.29. The number of epoxide rings is 1. The molecule has 10 nitrogen and oxygen atoms in total. The summed E-state index contributed by atoms with van der Waals surface area (Å²) in [5, 5.41) is 0. The molecule has 1 aliphatic rings. The van der Waals surface area contributed by atoms with Crippen molar-refractivity contribution in [2.45, 2.75) is 199 Å². The Labute approximate surface area is 329 Å². The van der Waals surface area contributed by atoms with Crippen molar-refractivity contribution in [1.29, 1.82) is 0 Å². The maximum absolute atomic E-state index is 12.6. The first-order valence-electron chi connectivity index (χ1n) is 21.6. The Kier molecular flexibility index (Phi) is 33.1. The lowest BCUT2D eigenvalue weighted by atomic mass is 10.0. The predicted molar refractivity (Wildman–Crippen MR) is 219 cm³/mol. The van der Waals surface area contributed by atoms with Gasteiger partial charge in [-0.05, 0) is 51.4 Å². The number of allylic oxidation sites excluding steroid dienone is 4. The molecular weight excluding hydrogens is 705 g/mol. The fourth-order valence-corrected chi connectivity index (χ4v) is 6.85. The number of carbonyl (C=O) groups excluding carboxylic acids is 2. The van der Waals surface area contributed by atoms with Gasteiger partial charge in [-0.3, -0.25) is 18.6 Å². The Morgan fingerprint density at radius 2 is 1.15 bits per heavy atom. The second kappa shape index (κ2) is 35.6. The van der Waals surface area contributed by atoms with Crippen LogP contribution in [0.25, 0.3) is 0 Å². The number of unbranched alkanes of at least 4 members (excludes halogenated alkanes) is 18. The van der Waals surface area contributed by atoms with E-state index in [1.165, 1.54) is 96.3 Å². The predicted octanol–water partition coefficient (Wildman–Crippen LogP) is 11.2. The molecule has 1 saturated heterocycles. The molecule has 0 saturated carbocycles. The van der Waals surface area contributed by atoms with Gasteiger partial charge in [-0.2, -0.15) is 0 Å². The first-order valence-corrected chi connectivity index (χ1v) is 23.1. The smallest absolute Gasteiger partial charge is 0.462 e. The fraction of sp³-hybridized carbons (Fsp3) is 0.814. The summed E-state index contributed by atoms with van der Waals surface area (Å²) < 4.78 is 38.5. The van der Waals surface area contributed by atoms with Gasteiger partial charge in [0.25, 0.3) is 0 Å². The van der Waals surface area contributed by atoms with Crippen LogP contribution in [0.5, 0.6) is 0 Å². The average Bonchev–Trinajstić information content (AvgIpc) is 3.91. The van der Waals surface area contributed by atoms with E-state index >= 15 is 0 Å². The van der Waals surface area contributed by atoms with Gasteiger partial charge in [-0.1, -0.05) is 153 Å². The van der Waals surface area contributed by atoms with Gasteiger partial charge in [-0.15, -0.1) is 0 Å². The van der Waals surface area contributed by atoms with Crippen molar-refractivity contribution in [3.05, 3.63) is 36.5 Å². The SMILES string of the molecule is CCCCC/C=C\CC1OC1C/C=C\C/C=C\CCCC(=O)O[C@H](COC(=O)CCCCCCCCCCCCCCCCC)COP(=O)(O)OCCN. The number of esters is 2. The number of carbonyl (C=O) groups is 2. The molecule has 0 amide bonds. The molecule has 4 atom stereocenters. The van der Waals surface area contributed by atoms with Crippen molar-refractivity contribution in [2.24, 2.45) is 5.73 Å². The zero-order chi connectivity index (χ0) is 39.4. The van der Waals surface area contributed by atoms with Crippen LogP contribution < -0.4 is 5.73 Å². The number of hydrogen-bond donors (Lipinski definition) is 2. The highest BCUT2D eigenvalue weighted by Gasteiger charge is 2.36. The van der Waals surface area contributed by atoms with Gasteiger partial charge in [0.2, 0.25) is 0 Å². The van der Waals surface area contributed by atoms with Crippen LogP contribution in [0, 0.1) is 0 Å². The fourth-order valence-electron chi connectivity index (χ4n) is 6.08. The monoisotopic (exact) mass is 784 g/mol. The van der Waals surface area contributed by atoms with Crippen LogP contribution in [0.3, 0.4) is 0 Å². The molecule has 0 aromatic heterocycles. The summed E-state index contributed by atoms with van der Waals surface area (Å²) in [5.74, 6) is -0.896. The lowest BCUT2D eigenvalue weighted by molar-refractivity contribution is -0.161. The highest BCUT2D eigenvalue weighted by molar-refractivity contribution is 7.47. The summed E-state index contributed by atoms with van der Waals surface area (Å²) in [6.45, 7) is 3.63. The van der Waals surface area contributed by atoms with Gasteiger partial charge in [-0.25, -0.2) is 4.57 Å². The third-order valence-electron chi connectivity index (χ3n) is 9.43. The van der Waals surface area contributed by atoms with Crippen molar-refractivity contribution in [2.75, 3.05) is 26.4 Å². The summed E-state index contributed by atoms with van der Waals surface area (Å²) in [4.78, 5) is 34.9. The highest BCUT2D eigenvalue weighted by Crippen LogP contribution is 2.43. The second-order valence-corrected chi connectivity index (χ2v) is 16.1. The molecule has 3 N–H and O–H groups in total. The Morgan fingerprint density at radius 1 is 0.648 bits per heavy atom. The molecule has 314 valence electrons. The van der Waals surface area contributed by atoms with Gasteiger partial charge in [0.1, 0.15) is 6.61 Å². The lowest BCUT2D eigenvalue weighted by Gasteiger charge is -2.19. The van der Waals surface area contributed by atoms with Crippen LogP contribution >= 0.6 is 7.82 Å². The molecule has 0 aliphatic carbocycles. The Bertz CT molecular complexity index is 1050. The zero-order valence-corrected chi connectivity index (χ0v) is 35.0.